The van der Waals surface area contributed by atoms with Crippen LogP contribution in [-0.2, 0) is 16.1 Å². The number of pyridine rings is 1. The van der Waals surface area contributed by atoms with Gasteiger partial charge in [0.15, 0.2) is 5.78 Å². The summed E-state index contributed by atoms with van der Waals surface area (Å²) >= 11 is 3.53. The quantitative estimate of drug-likeness (QED) is 0.410. The van der Waals surface area contributed by atoms with Gasteiger partial charge in [-0.3, -0.25) is 14.4 Å². The summed E-state index contributed by atoms with van der Waals surface area (Å²) in [6.07, 6.45) is 5.34. The van der Waals surface area contributed by atoms with Crippen LogP contribution in [0.3, 0.4) is 0 Å². The lowest BCUT2D eigenvalue weighted by molar-refractivity contribution is -0.134. The van der Waals surface area contributed by atoms with Crippen molar-refractivity contribution in [1.29, 1.82) is 0 Å². The molecule has 37 heavy (non-hydrogen) atoms. The molecule has 0 N–H and O–H groups in total. The SMILES string of the molecule is C=CC(=O)N1CC(CC(=O)Cn2cc(C(=O)N3CCN(c4ncccc4C)CC3)c3cc(Br)ccc32)C1. The van der Waals surface area contributed by atoms with Gasteiger partial charge in [0.2, 0.25) is 5.91 Å². The molecule has 192 valence electrons. The highest BCUT2D eigenvalue weighted by Gasteiger charge is 2.31. The molecule has 2 saturated heterocycles. The number of ketones is 1. The second-order valence-electron chi connectivity index (χ2n) is 9.81. The summed E-state index contributed by atoms with van der Waals surface area (Å²) in [4.78, 5) is 48.5. The van der Waals surface area contributed by atoms with Crippen LogP contribution in [-0.4, -0.2) is 76.2 Å². The maximum Gasteiger partial charge on any atom is 0.256 e. The molecule has 0 unspecified atom stereocenters. The molecule has 0 atom stereocenters. The summed E-state index contributed by atoms with van der Waals surface area (Å²) < 4.78 is 2.77. The maximum absolute atomic E-state index is 13.6. The predicted octanol–water partition coefficient (Wildman–Crippen LogP) is 3.67. The van der Waals surface area contributed by atoms with Crippen LogP contribution < -0.4 is 4.90 Å². The van der Waals surface area contributed by atoms with Crippen molar-refractivity contribution in [3.63, 3.8) is 0 Å². The summed E-state index contributed by atoms with van der Waals surface area (Å²) in [6.45, 7) is 9.59. The first-order valence-corrected chi connectivity index (χ1v) is 13.3. The molecule has 0 radical (unpaired) electrons. The van der Waals surface area contributed by atoms with Gasteiger partial charge in [0, 0.05) is 79.4 Å². The monoisotopic (exact) mass is 563 g/mol. The minimum absolute atomic E-state index is 0.0238. The summed E-state index contributed by atoms with van der Waals surface area (Å²) in [5, 5.41) is 0.835. The highest BCUT2D eigenvalue weighted by atomic mass is 79.9. The Labute approximate surface area is 224 Å². The third-order valence-corrected chi connectivity index (χ3v) is 7.72. The number of likely N-dealkylation sites (tertiary alicyclic amines) is 1. The van der Waals surface area contributed by atoms with Gasteiger partial charge in [-0.15, -0.1) is 0 Å². The van der Waals surface area contributed by atoms with E-state index in [0.29, 0.717) is 38.2 Å². The van der Waals surface area contributed by atoms with Crippen LogP contribution in [0, 0.1) is 12.8 Å². The Bertz CT molecular complexity index is 1370. The van der Waals surface area contributed by atoms with Crippen LogP contribution >= 0.6 is 15.9 Å². The number of carbonyl (C=O) groups excluding carboxylic acids is 3. The second kappa shape index (κ2) is 10.5. The smallest absolute Gasteiger partial charge is 0.256 e. The van der Waals surface area contributed by atoms with Crippen LogP contribution in [0.1, 0.15) is 22.3 Å². The molecule has 2 aliphatic rings. The molecule has 0 spiro atoms. The Morgan fingerprint density at radius 1 is 1.11 bits per heavy atom. The van der Waals surface area contributed by atoms with Crippen LogP contribution in [0.25, 0.3) is 10.9 Å². The number of rotatable bonds is 7. The number of carbonyl (C=O) groups is 3. The lowest BCUT2D eigenvalue weighted by Gasteiger charge is -2.38. The van der Waals surface area contributed by atoms with Gasteiger partial charge >= 0.3 is 0 Å². The lowest BCUT2D eigenvalue weighted by Crippen LogP contribution is -2.50. The molecule has 8 nitrogen and oxygen atoms in total. The van der Waals surface area contributed by atoms with Gasteiger partial charge in [0.05, 0.1) is 12.1 Å². The van der Waals surface area contributed by atoms with Crippen molar-refractivity contribution in [2.45, 2.75) is 19.9 Å². The molecule has 2 fully saturated rings. The molecule has 4 heterocycles. The number of aromatic nitrogens is 2. The van der Waals surface area contributed by atoms with Gasteiger partial charge in [-0.2, -0.15) is 0 Å². The molecular weight excluding hydrogens is 534 g/mol. The molecule has 3 aromatic rings. The second-order valence-corrected chi connectivity index (χ2v) is 10.7. The number of benzene rings is 1. The van der Waals surface area contributed by atoms with E-state index in [1.54, 1.807) is 11.1 Å². The van der Waals surface area contributed by atoms with E-state index in [1.165, 1.54) is 6.08 Å². The Morgan fingerprint density at radius 2 is 1.86 bits per heavy atom. The van der Waals surface area contributed by atoms with Gasteiger partial charge in [0.25, 0.3) is 5.91 Å². The van der Waals surface area contributed by atoms with E-state index < -0.39 is 0 Å². The third-order valence-electron chi connectivity index (χ3n) is 7.23. The van der Waals surface area contributed by atoms with E-state index >= 15 is 0 Å². The summed E-state index contributed by atoms with van der Waals surface area (Å²) in [7, 11) is 0. The maximum atomic E-state index is 13.6. The fourth-order valence-electron chi connectivity index (χ4n) is 5.26. The van der Waals surface area contributed by atoms with Crippen molar-refractivity contribution in [3.8, 4) is 0 Å². The number of aryl methyl sites for hydroxylation is 1. The third kappa shape index (κ3) is 5.18. The number of anilines is 1. The highest BCUT2D eigenvalue weighted by Crippen LogP contribution is 2.28. The highest BCUT2D eigenvalue weighted by molar-refractivity contribution is 9.10. The van der Waals surface area contributed by atoms with Crippen LogP contribution in [0.4, 0.5) is 5.82 Å². The zero-order valence-corrected chi connectivity index (χ0v) is 22.5. The largest absolute Gasteiger partial charge is 0.353 e. The first-order chi connectivity index (χ1) is 17.8. The Hall–Kier alpha value is -3.46. The molecule has 0 aliphatic carbocycles. The van der Waals surface area contributed by atoms with Crippen LogP contribution in [0.15, 0.2) is 59.9 Å². The number of Topliss-reactive ketones (excluding diaryl/α,β-unsaturated/α-hetero) is 1. The van der Waals surface area contributed by atoms with E-state index in [0.717, 1.165) is 39.8 Å². The van der Waals surface area contributed by atoms with Gasteiger partial charge in [-0.05, 0) is 42.8 Å². The molecule has 5 rings (SSSR count). The van der Waals surface area contributed by atoms with E-state index in [4.69, 9.17) is 0 Å². The minimum atomic E-state index is -0.0927. The number of hydrogen-bond donors (Lipinski definition) is 0. The number of fused-ring (bicyclic) bond motifs is 1. The molecule has 9 heteroatoms. The van der Waals surface area contributed by atoms with Gasteiger partial charge in [0.1, 0.15) is 5.82 Å². The average molecular weight is 564 g/mol. The van der Waals surface area contributed by atoms with Crippen LogP contribution in [0.5, 0.6) is 0 Å². The molecule has 1 aromatic carbocycles. The molecule has 0 bridgehead atoms. The normalized spacial score (nSPS) is 16.1. The topological polar surface area (TPSA) is 78.8 Å². The number of hydrogen-bond acceptors (Lipinski definition) is 5. The van der Waals surface area contributed by atoms with Crippen LogP contribution in [0.2, 0.25) is 0 Å². The predicted molar refractivity (Wildman–Crippen MR) is 147 cm³/mol. The van der Waals surface area contributed by atoms with Gasteiger partial charge < -0.3 is 19.3 Å². The van der Waals surface area contributed by atoms with Gasteiger partial charge in [-0.1, -0.05) is 28.6 Å². The first kappa shape index (κ1) is 25.2. The minimum Gasteiger partial charge on any atom is -0.353 e. The van der Waals surface area contributed by atoms with Crippen molar-refractivity contribution in [1.82, 2.24) is 19.4 Å². The van der Waals surface area contributed by atoms with E-state index in [2.05, 4.69) is 45.4 Å². The Kier molecular flexibility index (Phi) is 7.15. The summed E-state index contributed by atoms with van der Waals surface area (Å²) in [6, 6.07) is 9.80. The number of amides is 2. The number of piperazine rings is 1. The first-order valence-electron chi connectivity index (χ1n) is 12.5. The van der Waals surface area contributed by atoms with Crippen molar-refractivity contribution < 1.29 is 14.4 Å². The zero-order valence-electron chi connectivity index (χ0n) is 20.9. The van der Waals surface area contributed by atoms with Crippen molar-refractivity contribution in [2.24, 2.45) is 5.92 Å². The zero-order chi connectivity index (χ0) is 26.1. The molecule has 0 saturated carbocycles. The van der Waals surface area contributed by atoms with E-state index in [1.807, 2.05) is 39.9 Å². The standard InChI is InChI=1S/C28H30BrN5O3/c1-3-26(36)34-15-20(16-34)13-22(35)17-33-18-24(23-14-21(29)6-7-25(23)33)28(37)32-11-9-31(10-12-32)27-19(2)5-4-8-30-27/h3-8,14,18,20H,1,9-13,15-17H2,2H3. The average Bonchev–Trinajstić information content (AvgIpc) is 3.22. The van der Waals surface area contributed by atoms with E-state index in [-0.39, 0.29) is 30.1 Å². The summed E-state index contributed by atoms with van der Waals surface area (Å²) in [5.74, 6) is 1.12. The fraction of sp³-hybridized carbons (Fsp3) is 0.357. The molecule has 2 aliphatic heterocycles. The number of nitrogens with zero attached hydrogens (tertiary/aromatic N) is 5. The molecule has 2 aromatic heterocycles. The summed E-state index contributed by atoms with van der Waals surface area (Å²) in [5.41, 5.74) is 2.60. The lowest BCUT2D eigenvalue weighted by atomic mass is 9.94. The van der Waals surface area contributed by atoms with Crippen molar-refractivity contribution in [2.75, 3.05) is 44.2 Å². The molecule has 2 amide bonds. The Morgan fingerprint density at radius 3 is 2.57 bits per heavy atom. The van der Waals surface area contributed by atoms with E-state index in [9.17, 15) is 14.4 Å². The van der Waals surface area contributed by atoms with Crippen molar-refractivity contribution in [3.05, 3.63) is 71.0 Å². The van der Waals surface area contributed by atoms with Gasteiger partial charge in [-0.25, -0.2) is 4.98 Å². The Balaban J connectivity index is 1.28. The van der Waals surface area contributed by atoms with Crippen molar-refractivity contribution >= 4 is 50.2 Å². The fourth-order valence-corrected chi connectivity index (χ4v) is 5.62. The molecular formula is C28H30BrN5O3. The number of halogens is 1.